The van der Waals surface area contributed by atoms with Crippen LogP contribution in [0.2, 0.25) is 0 Å². The maximum absolute atomic E-state index is 12.1. The highest BCUT2D eigenvalue weighted by atomic mass is 32.2. The number of para-hydroxylation sites is 1. The van der Waals surface area contributed by atoms with Crippen LogP contribution in [0.1, 0.15) is 19.8 Å². The number of anilines is 1. The van der Waals surface area contributed by atoms with Gasteiger partial charge >= 0.3 is 0 Å². The van der Waals surface area contributed by atoms with Crippen LogP contribution in [-0.4, -0.2) is 38.7 Å². The maximum atomic E-state index is 12.1. The van der Waals surface area contributed by atoms with Crippen LogP contribution in [0.5, 0.6) is 0 Å². The van der Waals surface area contributed by atoms with Gasteiger partial charge < -0.3 is 10.1 Å². The van der Waals surface area contributed by atoms with E-state index >= 15 is 0 Å². The minimum atomic E-state index is -3.03. The van der Waals surface area contributed by atoms with E-state index in [4.69, 9.17) is 4.74 Å². The molecule has 1 aromatic carbocycles. The fourth-order valence-corrected chi connectivity index (χ4v) is 4.36. The van der Waals surface area contributed by atoms with Crippen LogP contribution in [0.4, 0.5) is 5.69 Å². The van der Waals surface area contributed by atoms with Gasteiger partial charge in [-0.05, 0) is 31.9 Å². The zero-order valence-electron chi connectivity index (χ0n) is 11.2. The van der Waals surface area contributed by atoms with Crippen molar-refractivity contribution < 1.29 is 13.2 Å². The van der Waals surface area contributed by atoms with Crippen LogP contribution < -0.4 is 5.32 Å². The first kappa shape index (κ1) is 14.3. The fourth-order valence-electron chi connectivity index (χ4n) is 2.40. The topological polar surface area (TPSA) is 55.4 Å². The lowest BCUT2D eigenvalue weighted by Crippen LogP contribution is -2.30. The molecule has 1 aliphatic rings. The summed E-state index contributed by atoms with van der Waals surface area (Å²) in [5.74, 6) is 0.227. The molecule has 5 heteroatoms. The molecule has 19 heavy (non-hydrogen) atoms. The number of nitrogens with one attached hydrogen (secondary N) is 1. The molecule has 106 valence electrons. The Morgan fingerprint density at radius 1 is 1.32 bits per heavy atom. The van der Waals surface area contributed by atoms with Gasteiger partial charge in [-0.25, -0.2) is 8.42 Å². The van der Waals surface area contributed by atoms with Gasteiger partial charge in [0.25, 0.3) is 0 Å². The first-order valence-electron chi connectivity index (χ1n) is 6.72. The summed E-state index contributed by atoms with van der Waals surface area (Å²) in [6.07, 6.45) is 1.10. The molecule has 2 atom stereocenters. The van der Waals surface area contributed by atoms with Crippen LogP contribution in [0, 0.1) is 0 Å². The second kappa shape index (κ2) is 6.39. The van der Waals surface area contributed by atoms with Crippen molar-refractivity contribution in [3.05, 3.63) is 30.3 Å². The molecule has 0 amide bonds. The normalized spacial score (nSPS) is 23.4. The average molecular weight is 283 g/mol. The lowest BCUT2D eigenvalue weighted by Gasteiger charge is -2.15. The molecule has 0 bridgehead atoms. The molecule has 0 spiro atoms. The van der Waals surface area contributed by atoms with E-state index in [0.717, 1.165) is 5.69 Å². The molecule has 1 heterocycles. The zero-order valence-corrected chi connectivity index (χ0v) is 12.0. The van der Waals surface area contributed by atoms with Crippen LogP contribution in [-0.2, 0) is 14.6 Å². The highest BCUT2D eigenvalue weighted by Crippen LogP contribution is 2.21. The van der Waals surface area contributed by atoms with E-state index in [1.807, 2.05) is 37.3 Å². The Labute approximate surface area is 115 Å². The molecule has 4 nitrogen and oxygen atoms in total. The van der Waals surface area contributed by atoms with E-state index in [0.29, 0.717) is 26.0 Å². The lowest BCUT2D eigenvalue weighted by molar-refractivity contribution is 0.126. The minimum absolute atomic E-state index is 0.160. The number of sulfone groups is 1. The van der Waals surface area contributed by atoms with Crippen molar-refractivity contribution >= 4 is 15.5 Å². The molecule has 2 unspecified atom stereocenters. The minimum Gasteiger partial charge on any atom is -0.385 e. The smallest absolute Gasteiger partial charge is 0.155 e. The van der Waals surface area contributed by atoms with Gasteiger partial charge in [0.1, 0.15) is 0 Å². The monoisotopic (exact) mass is 283 g/mol. The summed E-state index contributed by atoms with van der Waals surface area (Å²) in [5.41, 5.74) is 1.03. The predicted molar refractivity (Wildman–Crippen MR) is 77.2 cm³/mol. The van der Waals surface area contributed by atoms with Crippen molar-refractivity contribution in [2.45, 2.75) is 31.1 Å². The lowest BCUT2D eigenvalue weighted by atomic mass is 10.3. The van der Waals surface area contributed by atoms with Crippen molar-refractivity contribution in [3.8, 4) is 0 Å². The number of rotatable bonds is 6. The Hall–Kier alpha value is -1.07. The highest BCUT2D eigenvalue weighted by Gasteiger charge is 2.34. The summed E-state index contributed by atoms with van der Waals surface area (Å²) in [6, 6.07) is 9.81. The van der Waals surface area contributed by atoms with Crippen LogP contribution in [0.15, 0.2) is 30.3 Å². The predicted octanol–water partition coefficient (Wildman–Crippen LogP) is 2.08. The molecular formula is C14H21NO3S. The van der Waals surface area contributed by atoms with Gasteiger partial charge in [0, 0.05) is 18.8 Å². The maximum Gasteiger partial charge on any atom is 0.155 e. The molecule has 1 saturated heterocycles. The van der Waals surface area contributed by atoms with Gasteiger partial charge in [0.15, 0.2) is 9.84 Å². The van der Waals surface area contributed by atoms with E-state index in [2.05, 4.69) is 5.32 Å². The Kier molecular flexibility index (Phi) is 4.82. The van der Waals surface area contributed by atoms with Crippen molar-refractivity contribution in [3.63, 3.8) is 0 Å². The summed E-state index contributed by atoms with van der Waals surface area (Å²) < 4.78 is 29.6. The van der Waals surface area contributed by atoms with Crippen molar-refractivity contribution in [1.82, 2.24) is 0 Å². The fraction of sp³-hybridized carbons (Fsp3) is 0.571. The molecule has 1 fully saturated rings. The summed E-state index contributed by atoms with van der Waals surface area (Å²) >= 11 is 0. The first-order valence-corrected chi connectivity index (χ1v) is 8.43. The average Bonchev–Trinajstić information content (AvgIpc) is 2.83. The van der Waals surface area contributed by atoms with Crippen LogP contribution >= 0.6 is 0 Å². The molecule has 1 N–H and O–H groups in total. The number of hydrogen-bond donors (Lipinski definition) is 1. The SMILES string of the molecule is CC1OCCC1S(=O)(=O)CCCNc1ccccc1. The summed E-state index contributed by atoms with van der Waals surface area (Å²) in [5, 5.41) is 2.91. The highest BCUT2D eigenvalue weighted by molar-refractivity contribution is 7.92. The summed E-state index contributed by atoms with van der Waals surface area (Å²) in [7, 11) is -3.03. The summed E-state index contributed by atoms with van der Waals surface area (Å²) in [6.45, 7) is 3.08. The van der Waals surface area contributed by atoms with Gasteiger partial charge in [0.2, 0.25) is 0 Å². The quantitative estimate of drug-likeness (QED) is 0.812. The van der Waals surface area contributed by atoms with E-state index < -0.39 is 9.84 Å². The molecule has 0 aromatic heterocycles. The Morgan fingerprint density at radius 3 is 2.68 bits per heavy atom. The molecule has 1 aliphatic heterocycles. The second-order valence-electron chi connectivity index (χ2n) is 4.92. The van der Waals surface area contributed by atoms with Crippen molar-refractivity contribution in [1.29, 1.82) is 0 Å². The third-order valence-electron chi connectivity index (χ3n) is 3.48. The van der Waals surface area contributed by atoms with Gasteiger partial charge in [-0.2, -0.15) is 0 Å². The van der Waals surface area contributed by atoms with E-state index in [-0.39, 0.29) is 17.1 Å². The summed E-state index contributed by atoms with van der Waals surface area (Å²) in [4.78, 5) is 0. The van der Waals surface area contributed by atoms with Crippen molar-refractivity contribution in [2.75, 3.05) is 24.2 Å². The first-order chi connectivity index (χ1) is 9.09. The van der Waals surface area contributed by atoms with E-state index in [9.17, 15) is 8.42 Å². The molecule has 0 aliphatic carbocycles. The zero-order chi connectivity index (χ0) is 13.7. The Balaban J connectivity index is 1.76. The molecule has 2 rings (SSSR count). The Bertz CT molecular complexity index is 487. The second-order valence-corrected chi connectivity index (χ2v) is 7.26. The molecule has 0 radical (unpaired) electrons. The van der Waals surface area contributed by atoms with E-state index in [1.165, 1.54) is 0 Å². The largest absolute Gasteiger partial charge is 0.385 e. The van der Waals surface area contributed by atoms with Crippen LogP contribution in [0.25, 0.3) is 0 Å². The third-order valence-corrected chi connectivity index (χ3v) is 5.88. The number of benzene rings is 1. The molecule has 1 aromatic rings. The van der Waals surface area contributed by atoms with E-state index in [1.54, 1.807) is 0 Å². The van der Waals surface area contributed by atoms with Crippen molar-refractivity contribution in [2.24, 2.45) is 0 Å². The van der Waals surface area contributed by atoms with Gasteiger partial charge in [-0.3, -0.25) is 0 Å². The molecule has 0 saturated carbocycles. The van der Waals surface area contributed by atoms with Gasteiger partial charge in [-0.1, -0.05) is 18.2 Å². The number of ether oxygens (including phenoxy) is 1. The number of hydrogen-bond acceptors (Lipinski definition) is 4. The van der Waals surface area contributed by atoms with Crippen LogP contribution in [0.3, 0.4) is 0 Å². The Morgan fingerprint density at radius 2 is 2.05 bits per heavy atom. The van der Waals surface area contributed by atoms with Gasteiger partial charge in [-0.15, -0.1) is 0 Å². The molecular weight excluding hydrogens is 262 g/mol. The standard InChI is InChI=1S/C14H21NO3S/c1-12-14(8-10-18-12)19(16,17)11-5-9-15-13-6-3-2-4-7-13/h2-4,6-7,12,14-15H,5,8-11H2,1H3. The van der Waals surface area contributed by atoms with Gasteiger partial charge in [0.05, 0.1) is 17.1 Å². The third kappa shape index (κ3) is 3.94.